The van der Waals surface area contributed by atoms with Gasteiger partial charge in [-0.05, 0) is 6.42 Å². The Morgan fingerprint density at radius 1 is 1.45 bits per heavy atom. The van der Waals surface area contributed by atoms with E-state index in [1.165, 1.54) is 25.9 Å². The van der Waals surface area contributed by atoms with Gasteiger partial charge in [-0.15, -0.1) is 0 Å². The SMILES string of the molecule is CCC[N+]1=C[C@@H](C)C[C@H](C)C1. The van der Waals surface area contributed by atoms with Crippen molar-refractivity contribution >= 4 is 6.21 Å². The molecule has 0 bridgehead atoms. The van der Waals surface area contributed by atoms with Gasteiger partial charge in [-0.1, -0.05) is 20.8 Å². The molecule has 0 radical (unpaired) electrons. The molecular formula is C10H20N+. The van der Waals surface area contributed by atoms with Gasteiger partial charge in [0.15, 0.2) is 0 Å². The van der Waals surface area contributed by atoms with Crippen LogP contribution in [-0.4, -0.2) is 23.9 Å². The van der Waals surface area contributed by atoms with Crippen molar-refractivity contribution in [1.29, 1.82) is 0 Å². The number of hydrogen-bond donors (Lipinski definition) is 0. The van der Waals surface area contributed by atoms with Gasteiger partial charge >= 0.3 is 0 Å². The fraction of sp³-hybridized carbons (Fsp3) is 0.900. The first kappa shape index (κ1) is 8.76. The Morgan fingerprint density at radius 2 is 2.18 bits per heavy atom. The molecular weight excluding hydrogens is 134 g/mol. The predicted octanol–water partition coefficient (Wildman–Crippen LogP) is 2.16. The van der Waals surface area contributed by atoms with Gasteiger partial charge in [-0.3, -0.25) is 0 Å². The van der Waals surface area contributed by atoms with Gasteiger partial charge in [0.05, 0.1) is 0 Å². The van der Waals surface area contributed by atoms with E-state index in [4.69, 9.17) is 0 Å². The fourth-order valence-corrected chi connectivity index (χ4v) is 2.04. The van der Waals surface area contributed by atoms with Crippen molar-refractivity contribution in [2.24, 2.45) is 11.8 Å². The molecule has 0 spiro atoms. The third-order valence-corrected chi connectivity index (χ3v) is 2.30. The van der Waals surface area contributed by atoms with Gasteiger partial charge in [0, 0.05) is 18.3 Å². The van der Waals surface area contributed by atoms with Crippen LogP contribution < -0.4 is 0 Å². The summed E-state index contributed by atoms with van der Waals surface area (Å²) in [5.41, 5.74) is 0. The van der Waals surface area contributed by atoms with Crippen molar-refractivity contribution in [3.63, 3.8) is 0 Å². The molecule has 1 heterocycles. The highest BCUT2D eigenvalue weighted by molar-refractivity contribution is 5.55. The van der Waals surface area contributed by atoms with Crippen molar-refractivity contribution in [3.8, 4) is 0 Å². The largest absolute Gasteiger partial charge is 0.239 e. The van der Waals surface area contributed by atoms with Crippen molar-refractivity contribution < 1.29 is 4.58 Å². The zero-order chi connectivity index (χ0) is 8.27. The summed E-state index contributed by atoms with van der Waals surface area (Å²) in [5, 5.41) is 0. The quantitative estimate of drug-likeness (QED) is 0.536. The summed E-state index contributed by atoms with van der Waals surface area (Å²) in [5.74, 6) is 1.69. The maximum atomic E-state index is 2.48. The highest BCUT2D eigenvalue weighted by atomic mass is 15.0. The molecule has 0 amide bonds. The van der Waals surface area contributed by atoms with Gasteiger partial charge in [-0.25, -0.2) is 4.58 Å². The van der Waals surface area contributed by atoms with Crippen LogP contribution in [0.25, 0.3) is 0 Å². The molecule has 0 aromatic heterocycles. The molecule has 1 rings (SSSR count). The van der Waals surface area contributed by atoms with Gasteiger partial charge in [-0.2, -0.15) is 0 Å². The number of nitrogens with zero attached hydrogens (tertiary/aromatic N) is 1. The van der Waals surface area contributed by atoms with Crippen LogP contribution in [0.2, 0.25) is 0 Å². The Kier molecular flexibility index (Phi) is 3.10. The van der Waals surface area contributed by atoms with Crippen LogP contribution in [0.15, 0.2) is 0 Å². The highest BCUT2D eigenvalue weighted by Gasteiger charge is 2.20. The molecule has 1 aliphatic rings. The smallest absolute Gasteiger partial charge is 0.145 e. The molecule has 0 aliphatic carbocycles. The number of rotatable bonds is 2. The molecule has 1 heteroatoms. The second-order valence-electron chi connectivity index (χ2n) is 3.96. The van der Waals surface area contributed by atoms with Crippen LogP contribution in [0.1, 0.15) is 33.6 Å². The van der Waals surface area contributed by atoms with Crippen molar-refractivity contribution in [2.75, 3.05) is 13.1 Å². The summed E-state index contributed by atoms with van der Waals surface area (Å²) in [7, 11) is 0. The Balaban J connectivity index is 2.49. The average molecular weight is 154 g/mol. The van der Waals surface area contributed by atoms with E-state index in [9.17, 15) is 0 Å². The third-order valence-electron chi connectivity index (χ3n) is 2.30. The zero-order valence-corrected chi connectivity index (χ0v) is 8.01. The molecule has 1 nitrogen and oxygen atoms in total. The average Bonchev–Trinajstić information content (AvgIpc) is 1.85. The van der Waals surface area contributed by atoms with Crippen LogP contribution in [-0.2, 0) is 0 Å². The normalized spacial score (nSPS) is 31.7. The van der Waals surface area contributed by atoms with E-state index in [1.807, 2.05) is 0 Å². The van der Waals surface area contributed by atoms with E-state index in [0.29, 0.717) is 0 Å². The van der Waals surface area contributed by atoms with E-state index in [0.717, 1.165) is 11.8 Å². The van der Waals surface area contributed by atoms with E-state index < -0.39 is 0 Å². The van der Waals surface area contributed by atoms with E-state index in [2.05, 4.69) is 31.6 Å². The summed E-state index contributed by atoms with van der Waals surface area (Å²) in [6, 6.07) is 0. The van der Waals surface area contributed by atoms with Crippen LogP contribution in [0.5, 0.6) is 0 Å². The summed E-state index contributed by atoms with van der Waals surface area (Å²) < 4.78 is 2.48. The zero-order valence-electron chi connectivity index (χ0n) is 8.01. The first-order valence-corrected chi connectivity index (χ1v) is 4.81. The molecule has 0 fully saturated rings. The van der Waals surface area contributed by atoms with Gasteiger partial charge in [0.25, 0.3) is 0 Å². The van der Waals surface area contributed by atoms with Gasteiger partial charge < -0.3 is 0 Å². The highest BCUT2D eigenvalue weighted by Crippen LogP contribution is 2.14. The lowest BCUT2D eigenvalue weighted by atomic mass is 9.95. The minimum atomic E-state index is 0.797. The lowest BCUT2D eigenvalue weighted by Gasteiger charge is -2.18. The van der Waals surface area contributed by atoms with Gasteiger partial charge in [0.2, 0.25) is 0 Å². The number of hydrogen-bond acceptors (Lipinski definition) is 0. The van der Waals surface area contributed by atoms with Crippen molar-refractivity contribution in [1.82, 2.24) is 0 Å². The first-order chi connectivity index (χ1) is 5.22. The van der Waals surface area contributed by atoms with Crippen molar-refractivity contribution in [3.05, 3.63) is 0 Å². The second kappa shape index (κ2) is 3.89. The minimum Gasteiger partial charge on any atom is -0.239 e. The Bertz CT molecular complexity index is 149. The van der Waals surface area contributed by atoms with E-state index in [1.54, 1.807) is 0 Å². The summed E-state index contributed by atoms with van der Waals surface area (Å²) in [4.78, 5) is 0. The molecule has 11 heavy (non-hydrogen) atoms. The summed E-state index contributed by atoms with van der Waals surface area (Å²) >= 11 is 0. The van der Waals surface area contributed by atoms with Gasteiger partial charge in [0.1, 0.15) is 19.3 Å². The topological polar surface area (TPSA) is 3.01 Å². The molecule has 0 unspecified atom stereocenters. The monoisotopic (exact) mass is 154 g/mol. The minimum absolute atomic E-state index is 0.797. The fourth-order valence-electron chi connectivity index (χ4n) is 2.04. The van der Waals surface area contributed by atoms with Crippen LogP contribution >= 0.6 is 0 Å². The molecule has 1 aliphatic heterocycles. The predicted molar refractivity (Wildman–Crippen MR) is 49.3 cm³/mol. The molecule has 0 aromatic carbocycles. The lowest BCUT2D eigenvalue weighted by molar-refractivity contribution is -0.537. The maximum absolute atomic E-state index is 2.48. The molecule has 0 saturated heterocycles. The van der Waals surface area contributed by atoms with Crippen molar-refractivity contribution in [2.45, 2.75) is 33.6 Å². The Morgan fingerprint density at radius 3 is 2.73 bits per heavy atom. The second-order valence-corrected chi connectivity index (χ2v) is 3.96. The maximum Gasteiger partial charge on any atom is 0.145 e. The Labute approximate surface area is 70.1 Å². The third kappa shape index (κ3) is 2.64. The first-order valence-electron chi connectivity index (χ1n) is 4.81. The summed E-state index contributed by atoms with van der Waals surface area (Å²) in [6.45, 7) is 9.44. The molecule has 0 N–H and O–H groups in total. The lowest BCUT2D eigenvalue weighted by Crippen LogP contribution is -2.29. The molecule has 0 aromatic rings. The summed E-state index contributed by atoms with van der Waals surface area (Å²) in [6.07, 6.45) is 5.06. The standard InChI is InChI=1S/C10H20N/c1-4-5-11-7-9(2)6-10(3)8-11/h7,9-10H,4-6,8H2,1-3H3/q+1/t9-,10-/m0/s1. The molecule has 0 saturated carbocycles. The molecule has 64 valence electrons. The van der Waals surface area contributed by atoms with Crippen LogP contribution in [0.3, 0.4) is 0 Å². The molecule has 2 atom stereocenters. The Hall–Kier alpha value is -0.330. The van der Waals surface area contributed by atoms with E-state index >= 15 is 0 Å². The van der Waals surface area contributed by atoms with Crippen LogP contribution in [0, 0.1) is 11.8 Å². The van der Waals surface area contributed by atoms with E-state index in [-0.39, 0.29) is 0 Å². The van der Waals surface area contributed by atoms with Crippen LogP contribution in [0.4, 0.5) is 0 Å².